The lowest BCUT2D eigenvalue weighted by molar-refractivity contribution is -0.133. The quantitative estimate of drug-likeness (QED) is 0.742. The molecule has 0 atom stereocenters. The molecule has 0 radical (unpaired) electrons. The Kier molecular flexibility index (Phi) is 7.18. The van der Waals surface area contributed by atoms with Gasteiger partial charge in [0.05, 0.1) is 6.42 Å². The summed E-state index contributed by atoms with van der Waals surface area (Å²) in [6.07, 6.45) is 7.34. The van der Waals surface area contributed by atoms with Crippen LogP contribution in [-0.2, 0) is 22.6 Å². The molecule has 2 amide bonds. The Morgan fingerprint density at radius 2 is 1.71 bits per heavy atom. The summed E-state index contributed by atoms with van der Waals surface area (Å²) in [4.78, 5) is 32.6. The van der Waals surface area contributed by atoms with Crippen molar-refractivity contribution in [1.82, 2.24) is 14.8 Å². The number of carbonyl (C=O) groups is 2. The van der Waals surface area contributed by atoms with E-state index in [0.29, 0.717) is 25.3 Å². The second kappa shape index (κ2) is 10.0. The van der Waals surface area contributed by atoms with Crippen LogP contribution in [0.25, 0.3) is 0 Å². The lowest BCUT2D eigenvalue weighted by Crippen LogP contribution is -2.39. The summed E-state index contributed by atoms with van der Waals surface area (Å²) in [5.41, 5.74) is 2.16. The van der Waals surface area contributed by atoms with Gasteiger partial charge in [-0.25, -0.2) is 0 Å². The van der Waals surface area contributed by atoms with Crippen molar-refractivity contribution in [3.8, 4) is 0 Å². The van der Waals surface area contributed by atoms with Gasteiger partial charge in [-0.05, 0) is 48.4 Å². The van der Waals surface area contributed by atoms with E-state index < -0.39 is 0 Å². The van der Waals surface area contributed by atoms with Crippen LogP contribution in [0.5, 0.6) is 0 Å². The van der Waals surface area contributed by atoms with Crippen molar-refractivity contribution in [3.63, 3.8) is 0 Å². The van der Waals surface area contributed by atoms with Crippen molar-refractivity contribution in [2.24, 2.45) is 5.92 Å². The zero-order chi connectivity index (χ0) is 19.8. The molecule has 0 saturated carbocycles. The molecule has 0 bridgehead atoms. The summed E-state index contributed by atoms with van der Waals surface area (Å²) in [6.45, 7) is 2.24. The number of likely N-dealkylation sites (tertiary alicyclic amines) is 1. The number of hydrogen-bond donors (Lipinski definition) is 0. The number of aromatic nitrogens is 1. The Bertz CT molecular complexity index is 756. The molecule has 2 aromatic rings. The van der Waals surface area contributed by atoms with Gasteiger partial charge < -0.3 is 9.80 Å². The molecule has 1 aliphatic heterocycles. The molecular weight excluding hydrogens is 350 g/mol. The Balaban J connectivity index is 1.37. The fraction of sp³-hybridized carbons (Fsp3) is 0.435. The van der Waals surface area contributed by atoms with E-state index in [1.165, 1.54) is 0 Å². The van der Waals surface area contributed by atoms with Crippen LogP contribution < -0.4 is 0 Å². The molecule has 0 N–H and O–H groups in total. The molecule has 0 aliphatic carbocycles. The first-order chi connectivity index (χ1) is 13.6. The van der Waals surface area contributed by atoms with E-state index in [4.69, 9.17) is 0 Å². The van der Waals surface area contributed by atoms with Crippen molar-refractivity contribution in [1.29, 1.82) is 0 Å². The monoisotopic (exact) mass is 379 g/mol. The van der Waals surface area contributed by atoms with Crippen LogP contribution in [0.4, 0.5) is 0 Å². The van der Waals surface area contributed by atoms with Gasteiger partial charge in [0.1, 0.15) is 0 Å². The zero-order valence-electron chi connectivity index (χ0n) is 16.6. The maximum absolute atomic E-state index is 12.4. The number of pyridine rings is 1. The first-order valence-corrected chi connectivity index (χ1v) is 10.1. The van der Waals surface area contributed by atoms with Gasteiger partial charge in [-0.15, -0.1) is 0 Å². The topological polar surface area (TPSA) is 53.5 Å². The maximum atomic E-state index is 12.4. The van der Waals surface area contributed by atoms with E-state index in [2.05, 4.69) is 4.98 Å². The predicted molar refractivity (Wildman–Crippen MR) is 109 cm³/mol. The Hall–Kier alpha value is -2.69. The number of benzene rings is 1. The van der Waals surface area contributed by atoms with Crippen LogP contribution in [0.2, 0.25) is 0 Å². The first kappa shape index (κ1) is 20.1. The van der Waals surface area contributed by atoms with E-state index in [-0.39, 0.29) is 11.8 Å². The van der Waals surface area contributed by atoms with E-state index in [1.807, 2.05) is 59.3 Å². The average Bonchev–Trinajstić information content (AvgIpc) is 2.73. The van der Waals surface area contributed by atoms with E-state index >= 15 is 0 Å². The average molecular weight is 380 g/mol. The Morgan fingerprint density at radius 1 is 1.04 bits per heavy atom. The highest BCUT2D eigenvalue weighted by atomic mass is 16.2. The molecule has 3 rings (SSSR count). The predicted octanol–water partition coefficient (Wildman–Crippen LogP) is 3.30. The van der Waals surface area contributed by atoms with Gasteiger partial charge in [-0.2, -0.15) is 0 Å². The fourth-order valence-electron chi connectivity index (χ4n) is 3.72. The Labute approximate surface area is 167 Å². The summed E-state index contributed by atoms with van der Waals surface area (Å²) >= 11 is 0. The highest BCUT2D eigenvalue weighted by Gasteiger charge is 2.23. The van der Waals surface area contributed by atoms with E-state index in [9.17, 15) is 9.59 Å². The lowest BCUT2D eigenvalue weighted by Gasteiger charge is -2.32. The highest BCUT2D eigenvalue weighted by molar-refractivity contribution is 5.78. The summed E-state index contributed by atoms with van der Waals surface area (Å²) in [7, 11) is 1.87. The van der Waals surface area contributed by atoms with Crippen molar-refractivity contribution < 1.29 is 9.59 Å². The van der Waals surface area contributed by atoms with Crippen LogP contribution in [0.3, 0.4) is 0 Å². The van der Waals surface area contributed by atoms with Gasteiger partial charge in [-0.3, -0.25) is 14.6 Å². The maximum Gasteiger partial charge on any atom is 0.226 e. The summed E-state index contributed by atoms with van der Waals surface area (Å²) in [5.74, 6) is 0.905. The third-order valence-corrected chi connectivity index (χ3v) is 5.53. The molecule has 0 spiro atoms. The standard InChI is InChI=1S/C23H29N3O2/c1-25(18-21-5-3-2-4-6-21)22(27)8-7-19-11-15-26(16-12-19)23(28)17-20-9-13-24-14-10-20/h2-6,9-10,13-14,19H,7-8,11-12,15-18H2,1H3. The summed E-state index contributed by atoms with van der Waals surface area (Å²) in [5, 5.41) is 0. The van der Waals surface area contributed by atoms with Gasteiger partial charge in [0, 0.05) is 45.5 Å². The molecule has 5 nitrogen and oxygen atoms in total. The van der Waals surface area contributed by atoms with Crippen molar-refractivity contribution >= 4 is 11.8 Å². The third-order valence-electron chi connectivity index (χ3n) is 5.53. The molecule has 148 valence electrons. The summed E-state index contributed by atoms with van der Waals surface area (Å²) < 4.78 is 0. The number of hydrogen-bond acceptors (Lipinski definition) is 3. The van der Waals surface area contributed by atoms with Crippen molar-refractivity contribution in [2.75, 3.05) is 20.1 Å². The number of carbonyl (C=O) groups excluding carboxylic acids is 2. The molecule has 5 heteroatoms. The number of rotatable bonds is 7. The van der Waals surface area contributed by atoms with Crippen LogP contribution >= 0.6 is 0 Å². The van der Waals surface area contributed by atoms with Crippen molar-refractivity contribution in [2.45, 2.75) is 38.6 Å². The number of amides is 2. The smallest absolute Gasteiger partial charge is 0.226 e. The van der Waals surface area contributed by atoms with Gasteiger partial charge in [0.15, 0.2) is 0 Å². The Morgan fingerprint density at radius 3 is 2.39 bits per heavy atom. The first-order valence-electron chi connectivity index (χ1n) is 10.1. The molecule has 1 aromatic carbocycles. The summed E-state index contributed by atoms with van der Waals surface area (Å²) in [6, 6.07) is 13.9. The molecule has 1 aromatic heterocycles. The van der Waals surface area contributed by atoms with Gasteiger partial charge in [0.25, 0.3) is 0 Å². The van der Waals surface area contributed by atoms with Crippen LogP contribution in [0, 0.1) is 5.92 Å². The number of nitrogens with zero attached hydrogens (tertiary/aromatic N) is 3. The molecule has 1 aliphatic rings. The second-order valence-electron chi connectivity index (χ2n) is 7.63. The molecule has 1 saturated heterocycles. The highest BCUT2D eigenvalue weighted by Crippen LogP contribution is 2.23. The zero-order valence-corrected chi connectivity index (χ0v) is 16.6. The molecule has 0 unspecified atom stereocenters. The van der Waals surface area contributed by atoms with Crippen LogP contribution in [0.15, 0.2) is 54.9 Å². The van der Waals surface area contributed by atoms with Gasteiger partial charge in [0.2, 0.25) is 11.8 Å². The fourth-order valence-corrected chi connectivity index (χ4v) is 3.72. The number of piperidine rings is 1. The van der Waals surface area contributed by atoms with E-state index in [1.54, 1.807) is 12.4 Å². The minimum Gasteiger partial charge on any atom is -0.342 e. The van der Waals surface area contributed by atoms with E-state index in [0.717, 1.165) is 43.5 Å². The van der Waals surface area contributed by atoms with Gasteiger partial charge >= 0.3 is 0 Å². The minimum absolute atomic E-state index is 0.184. The SMILES string of the molecule is CN(Cc1ccccc1)C(=O)CCC1CCN(C(=O)Cc2ccncc2)CC1. The van der Waals surface area contributed by atoms with Crippen LogP contribution in [-0.4, -0.2) is 46.7 Å². The van der Waals surface area contributed by atoms with Crippen molar-refractivity contribution in [3.05, 3.63) is 66.0 Å². The molecule has 28 heavy (non-hydrogen) atoms. The van der Waals surface area contributed by atoms with Gasteiger partial charge in [-0.1, -0.05) is 30.3 Å². The lowest BCUT2D eigenvalue weighted by atomic mass is 9.91. The normalized spacial score (nSPS) is 14.7. The minimum atomic E-state index is 0.184. The third kappa shape index (κ3) is 5.91. The molecule has 1 fully saturated rings. The second-order valence-corrected chi connectivity index (χ2v) is 7.63. The molecular formula is C23H29N3O2. The van der Waals surface area contributed by atoms with Crippen LogP contribution in [0.1, 0.15) is 36.8 Å². The largest absolute Gasteiger partial charge is 0.342 e. The molecule has 2 heterocycles.